The number of hydrogen-bond donors (Lipinski definition) is 0. The molecule has 0 saturated carbocycles. The molecule has 7 heteroatoms. The highest BCUT2D eigenvalue weighted by Crippen LogP contribution is 2.27. The largest absolute Gasteiger partial charge is 0.490 e. The summed E-state index contributed by atoms with van der Waals surface area (Å²) in [5.74, 6) is -0.334. The minimum atomic E-state index is -0.615. The van der Waals surface area contributed by atoms with Gasteiger partial charge >= 0.3 is 5.69 Å². The molecule has 0 aliphatic rings. The monoisotopic (exact) mass is 263 g/mol. The molecule has 0 atom stereocenters. The predicted molar refractivity (Wildman–Crippen MR) is 66.8 cm³/mol. The molecule has 0 unspecified atom stereocenters. The average molecular weight is 263 g/mol. The molecule has 0 saturated heterocycles. The average Bonchev–Trinajstić information content (AvgIpc) is 2.43. The highest BCUT2D eigenvalue weighted by Gasteiger charge is 2.20. The van der Waals surface area contributed by atoms with Gasteiger partial charge < -0.3 is 9.64 Å². The van der Waals surface area contributed by atoms with E-state index in [9.17, 15) is 14.9 Å². The molecule has 1 rings (SSSR count). The maximum atomic E-state index is 12.1. The summed E-state index contributed by atoms with van der Waals surface area (Å²) in [5, 5.41) is 19.5. The third-order valence-electron chi connectivity index (χ3n) is 2.55. The maximum absolute atomic E-state index is 12.1. The Labute approximate surface area is 110 Å². The Morgan fingerprint density at radius 1 is 1.58 bits per heavy atom. The lowest BCUT2D eigenvalue weighted by molar-refractivity contribution is -0.385. The Morgan fingerprint density at radius 3 is 2.74 bits per heavy atom. The lowest BCUT2D eigenvalue weighted by Crippen LogP contribution is -2.31. The Kier molecular flexibility index (Phi) is 4.83. The van der Waals surface area contributed by atoms with Crippen LogP contribution < -0.4 is 4.74 Å². The number of nitrogens with zero attached hydrogens (tertiary/aromatic N) is 3. The summed E-state index contributed by atoms with van der Waals surface area (Å²) < 4.78 is 4.86. The van der Waals surface area contributed by atoms with Crippen LogP contribution in [0.5, 0.6) is 5.75 Å². The molecular weight excluding hydrogens is 250 g/mol. The van der Waals surface area contributed by atoms with Gasteiger partial charge in [0.05, 0.1) is 18.1 Å². The maximum Gasteiger partial charge on any atom is 0.311 e. The van der Waals surface area contributed by atoms with Crippen LogP contribution in [-0.4, -0.2) is 35.9 Å². The number of nitriles is 1. The van der Waals surface area contributed by atoms with Crippen molar-refractivity contribution >= 4 is 11.6 Å². The lowest BCUT2D eigenvalue weighted by atomic mass is 10.1. The van der Waals surface area contributed by atoms with E-state index in [-0.39, 0.29) is 23.5 Å². The van der Waals surface area contributed by atoms with Crippen molar-refractivity contribution in [3.8, 4) is 11.8 Å². The van der Waals surface area contributed by atoms with Crippen molar-refractivity contribution in [1.29, 1.82) is 5.26 Å². The molecule has 0 heterocycles. The smallest absolute Gasteiger partial charge is 0.311 e. The highest BCUT2D eigenvalue weighted by atomic mass is 16.6. The summed E-state index contributed by atoms with van der Waals surface area (Å²) >= 11 is 0. The molecule has 100 valence electrons. The molecule has 0 bridgehead atoms. The fraction of sp³-hybridized carbons (Fsp3) is 0.333. The van der Waals surface area contributed by atoms with Gasteiger partial charge in [0.2, 0.25) is 0 Å². The molecule has 1 aromatic carbocycles. The zero-order valence-corrected chi connectivity index (χ0v) is 10.6. The van der Waals surface area contributed by atoms with E-state index >= 15 is 0 Å². The van der Waals surface area contributed by atoms with Gasteiger partial charge in [-0.15, -0.1) is 0 Å². The van der Waals surface area contributed by atoms with E-state index in [1.165, 1.54) is 24.1 Å². The Hall–Kier alpha value is -2.62. The van der Waals surface area contributed by atoms with Crippen molar-refractivity contribution in [2.45, 2.75) is 6.92 Å². The van der Waals surface area contributed by atoms with E-state index in [1.807, 2.05) is 6.07 Å². The Morgan fingerprint density at radius 2 is 2.26 bits per heavy atom. The van der Waals surface area contributed by atoms with Gasteiger partial charge in [-0.2, -0.15) is 5.26 Å². The predicted octanol–water partition coefficient (Wildman–Crippen LogP) is 1.59. The molecule has 19 heavy (non-hydrogen) atoms. The molecule has 7 nitrogen and oxygen atoms in total. The number of methoxy groups -OCH3 is 1. The van der Waals surface area contributed by atoms with E-state index in [2.05, 4.69) is 0 Å². The number of nitro benzene ring substituents is 1. The van der Waals surface area contributed by atoms with Crippen molar-refractivity contribution < 1.29 is 14.5 Å². The van der Waals surface area contributed by atoms with Crippen LogP contribution in [0.1, 0.15) is 17.3 Å². The van der Waals surface area contributed by atoms with Crippen LogP contribution in [0.15, 0.2) is 18.2 Å². The van der Waals surface area contributed by atoms with Gasteiger partial charge in [-0.05, 0) is 19.1 Å². The Bertz CT molecular complexity index is 536. The van der Waals surface area contributed by atoms with E-state index in [4.69, 9.17) is 10.00 Å². The molecule has 0 fully saturated rings. The highest BCUT2D eigenvalue weighted by molar-refractivity contribution is 5.95. The number of ether oxygens (including phenoxy) is 1. The van der Waals surface area contributed by atoms with Crippen LogP contribution in [0.3, 0.4) is 0 Å². The number of carbonyl (C=O) groups is 1. The normalized spacial score (nSPS) is 9.53. The van der Waals surface area contributed by atoms with Crippen molar-refractivity contribution in [3.63, 3.8) is 0 Å². The van der Waals surface area contributed by atoms with Crippen molar-refractivity contribution in [2.24, 2.45) is 0 Å². The summed E-state index contributed by atoms with van der Waals surface area (Å²) in [5.41, 5.74) is -0.119. The van der Waals surface area contributed by atoms with Gasteiger partial charge in [-0.3, -0.25) is 14.9 Å². The van der Waals surface area contributed by atoms with Crippen LogP contribution in [-0.2, 0) is 0 Å². The molecule has 1 aromatic rings. The van der Waals surface area contributed by atoms with Crippen LogP contribution in [0.25, 0.3) is 0 Å². The van der Waals surface area contributed by atoms with Crippen molar-refractivity contribution in [2.75, 3.05) is 20.2 Å². The van der Waals surface area contributed by atoms with E-state index in [1.54, 1.807) is 6.92 Å². The van der Waals surface area contributed by atoms with Crippen LogP contribution in [0, 0.1) is 21.4 Å². The van der Waals surface area contributed by atoms with Gasteiger partial charge in [0, 0.05) is 18.2 Å². The van der Waals surface area contributed by atoms with E-state index < -0.39 is 10.8 Å². The summed E-state index contributed by atoms with van der Waals surface area (Å²) in [7, 11) is 1.32. The first kappa shape index (κ1) is 14.4. The van der Waals surface area contributed by atoms with Crippen LogP contribution >= 0.6 is 0 Å². The van der Waals surface area contributed by atoms with E-state index in [0.29, 0.717) is 6.54 Å². The molecular formula is C12H13N3O4. The van der Waals surface area contributed by atoms with Crippen LogP contribution in [0.2, 0.25) is 0 Å². The minimum absolute atomic E-state index is 0.0604. The van der Waals surface area contributed by atoms with Crippen molar-refractivity contribution in [3.05, 3.63) is 33.9 Å². The molecule has 0 aliphatic carbocycles. The molecule has 0 N–H and O–H groups in total. The zero-order valence-electron chi connectivity index (χ0n) is 10.6. The van der Waals surface area contributed by atoms with E-state index in [0.717, 1.165) is 6.07 Å². The summed E-state index contributed by atoms with van der Waals surface area (Å²) in [4.78, 5) is 23.6. The van der Waals surface area contributed by atoms with Gasteiger partial charge in [-0.25, -0.2) is 0 Å². The topological polar surface area (TPSA) is 96.5 Å². The summed E-state index contributed by atoms with van der Waals surface area (Å²) in [6.45, 7) is 2.02. The SMILES string of the molecule is CCN(CC#N)C(=O)c1ccc(OC)c([N+](=O)[O-])c1. The fourth-order valence-electron chi connectivity index (χ4n) is 1.56. The first-order valence-electron chi connectivity index (χ1n) is 5.53. The molecule has 1 amide bonds. The minimum Gasteiger partial charge on any atom is -0.490 e. The first-order chi connectivity index (χ1) is 9.04. The van der Waals surface area contributed by atoms with Crippen molar-refractivity contribution in [1.82, 2.24) is 4.90 Å². The molecule has 0 aliphatic heterocycles. The summed E-state index contributed by atoms with van der Waals surface area (Å²) in [6, 6.07) is 5.84. The zero-order chi connectivity index (χ0) is 14.4. The second-order valence-corrected chi connectivity index (χ2v) is 3.62. The first-order valence-corrected chi connectivity index (χ1v) is 5.53. The molecule has 0 radical (unpaired) electrons. The summed E-state index contributed by atoms with van der Waals surface area (Å²) in [6.07, 6.45) is 0. The number of hydrogen-bond acceptors (Lipinski definition) is 5. The van der Waals surface area contributed by atoms with Gasteiger partial charge in [0.25, 0.3) is 5.91 Å². The molecule has 0 aromatic heterocycles. The number of nitro groups is 1. The van der Waals surface area contributed by atoms with Crippen LogP contribution in [0.4, 0.5) is 5.69 Å². The third-order valence-corrected chi connectivity index (χ3v) is 2.55. The Balaban J connectivity index is 3.15. The molecule has 0 spiro atoms. The van der Waals surface area contributed by atoms with Gasteiger partial charge in [0.15, 0.2) is 5.75 Å². The fourth-order valence-corrected chi connectivity index (χ4v) is 1.56. The second-order valence-electron chi connectivity index (χ2n) is 3.62. The quantitative estimate of drug-likeness (QED) is 0.456. The lowest BCUT2D eigenvalue weighted by Gasteiger charge is -2.17. The number of benzene rings is 1. The number of rotatable bonds is 5. The third kappa shape index (κ3) is 3.19. The second kappa shape index (κ2) is 6.35. The van der Waals surface area contributed by atoms with Gasteiger partial charge in [0.1, 0.15) is 6.54 Å². The number of carbonyl (C=O) groups excluding carboxylic acids is 1. The van der Waals surface area contributed by atoms with Gasteiger partial charge in [-0.1, -0.05) is 0 Å². The number of amides is 1. The standard InChI is InChI=1S/C12H13N3O4/c1-3-14(7-6-13)12(16)9-4-5-11(19-2)10(8-9)15(17)18/h4-5,8H,3,7H2,1-2H3.